The second-order valence-corrected chi connectivity index (χ2v) is 13.4. The molecule has 0 spiro atoms. The van der Waals surface area contributed by atoms with Crippen molar-refractivity contribution in [1.29, 1.82) is 0 Å². The number of aromatic nitrogens is 2. The van der Waals surface area contributed by atoms with Gasteiger partial charge in [0.25, 0.3) is 0 Å². The first-order chi connectivity index (χ1) is 24.0. The van der Waals surface area contributed by atoms with E-state index in [4.69, 9.17) is 9.97 Å². The second-order valence-electron chi connectivity index (χ2n) is 13.4. The summed E-state index contributed by atoms with van der Waals surface area (Å²) in [6.07, 6.45) is 0. The van der Waals surface area contributed by atoms with E-state index in [2.05, 4.69) is 178 Å². The average Bonchev–Trinajstić information content (AvgIpc) is 3.41. The Hall–Kier alpha value is -6.12. The van der Waals surface area contributed by atoms with Crippen LogP contribution in [-0.4, -0.2) is 9.97 Å². The Kier molecular flexibility index (Phi) is 6.84. The molecule has 1 heterocycles. The van der Waals surface area contributed by atoms with Gasteiger partial charge in [0.1, 0.15) is 0 Å². The molecule has 0 unspecified atom stereocenters. The van der Waals surface area contributed by atoms with E-state index in [0.717, 1.165) is 33.9 Å². The molecular weight excluding hydrogens is 593 g/mol. The maximum absolute atomic E-state index is 5.37. The van der Waals surface area contributed by atoms with Gasteiger partial charge in [0.15, 0.2) is 5.82 Å². The molecule has 9 rings (SSSR count). The Balaban J connectivity index is 1.17. The zero-order valence-corrected chi connectivity index (χ0v) is 27.6. The highest BCUT2D eigenvalue weighted by Crippen LogP contribution is 2.53. The fourth-order valence-corrected chi connectivity index (χ4v) is 7.65. The molecule has 232 valence electrons. The van der Waals surface area contributed by atoms with Crippen molar-refractivity contribution in [3.63, 3.8) is 0 Å². The van der Waals surface area contributed by atoms with E-state index in [1.165, 1.54) is 55.3 Å². The number of fused-ring (bicyclic) bond motifs is 5. The molecule has 1 aliphatic carbocycles. The summed E-state index contributed by atoms with van der Waals surface area (Å²) in [7, 11) is 0. The largest absolute Gasteiger partial charge is 0.228 e. The van der Waals surface area contributed by atoms with E-state index in [-0.39, 0.29) is 5.41 Å². The Morgan fingerprint density at radius 3 is 1.55 bits per heavy atom. The van der Waals surface area contributed by atoms with E-state index in [1.807, 2.05) is 6.07 Å². The van der Waals surface area contributed by atoms with E-state index in [0.29, 0.717) is 0 Å². The summed E-state index contributed by atoms with van der Waals surface area (Å²) in [5, 5.41) is 2.52. The SMILES string of the molecule is CC1(C)c2c(-c3cccc(-c4cccc(-c5ccc(-c6ccccc6)cc5)c4)c3)nc(-c3ccccc3)nc2-c2ccc3ccccc3c21. The molecule has 8 aromatic rings. The summed E-state index contributed by atoms with van der Waals surface area (Å²) in [6.45, 7) is 4.66. The van der Waals surface area contributed by atoms with Gasteiger partial charge >= 0.3 is 0 Å². The molecule has 0 saturated carbocycles. The van der Waals surface area contributed by atoms with Gasteiger partial charge in [0.2, 0.25) is 0 Å². The molecular formula is C47H34N2. The van der Waals surface area contributed by atoms with Crippen molar-refractivity contribution < 1.29 is 0 Å². The molecule has 49 heavy (non-hydrogen) atoms. The molecule has 0 N–H and O–H groups in total. The standard InChI is InChI=1S/C47H34N2/c1-47(2)42-40-22-10-9-15-34(40)27-28-41(42)45-43(47)44(48-46(49-45)35-16-7-4-8-17-35)39-21-12-20-38(30-39)37-19-11-18-36(29-37)33-25-23-32(24-26-33)31-13-5-3-6-14-31/h3-30H,1-2H3. The van der Waals surface area contributed by atoms with Crippen molar-refractivity contribution in [1.82, 2.24) is 9.97 Å². The number of rotatable bonds is 5. The van der Waals surface area contributed by atoms with Gasteiger partial charge in [-0.3, -0.25) is 0 Å². The number of hydrogen-bond donors (Lipinski definition) is 0. The van der Waals surface area contributed by atoms with Crippen LogP contribution in [0.5, 0.6) is 0 Å². The van der Waals surface area contributed by atoms with Crippen LogP contribution in [0.3, 0.4) is 0 Å². The quantitative estimate of drug-likeness (QED) is 0.190. The predicted octanol–water partition coefficient (Wildman–Crippen LogP) is 12.3. The lowest BCUT2D eigenvalue weighted by atomic mass is 9.78. The van der Waals surface area contributed by atoms with Crippen molar-refractivity contribution in [2.75, 3.05) is 0 Å². The third-order valence-electron chi connectivity index (χ3n) is 10.0. The van der Waals surface area contributed by atoms with Crippen LogP contribution in [0, 0.1) is 0 Å². The molecule has 0 radical (unpaired) electrons. The lowest BCUT2D eigenvalue weighted by molar-refractivity contribution is 0.663. The van der Waals surface area contributed by atoms with Crippen LogP contribution < -0.4 is 0 Å². The summed E-state index contributed by atoms with van der Waals surface area (Å²) in [6, 6.07) is 60.6. The van der Waals surface area contributed by atoms with Crippen LogP contribution in [0.15, 0.2) is 170 Å². The first-order valence-electron chi connectivity index (χ1n) is 16.9. The minimum absolute atomic E-state index is 0.294. The fraction of sp³-hybridized carbons (Fsp3) is 0.0638. The third-order valence-corrected chi connectivity index (χ3v) is 10.0. The number of nitrogens with zero attached hydrogens (tertiary/aromatic N) is 2. The molecule has 1 aliphatic rings. The Morgan fingerprint density at radius 1 is 0.367 bits per heavy atom. The van der Waals surface area contributed by atoms with Gasteiger partial charge in [-0.05, 0) is 61.8 Å². The average molecular weight is 627 g/mol. The zero-order chi connectivity index (χ0) is 33.0. The predicted molar refractivity (Wildman–Crippen MR) is 204 cm³/mol. The fourth-order valence-electron chi connectivity index (χ4n) is 7.65. The smallest absolute Gasteiger partial charge is 0.160 e. The maximum Gasteiger partial charge on any atom is 0.160 e. The van der Waals surface area contributed by atoms with Crippen LogP contribution in [-0.2, 0) is 5.41 Å². The molecule has 0 aliphatic heterocycles. The first-order valence-corrected chi connectivity index (χ1v) is 16.9. The molecule has 0 atom stereocenters. The number of benzene rings is 7. The summed E-state index contributed by atoms with van der Waals surface area (Å²) < 4.78 is 0. The van der Waals surface area contributed by atoms with Gasteiger partial charge in [-0.2, -0.15) is 0 Å². The highest BCUT2D eigenvalue weighted by Gasteiger charge is 2.41. The van der Waals surface area contributed by atoms with Crippen molar-refractivity contribution in [3.05, 3.63) is 181 Å². The molecule has 2 nitrogen and oxygen atoms in total. The monoisotopic (exact) mass is 626 g/mol. The van der Waals surface area contributed by atoms with Gasteiger partial charge in [-0.1, -0.05) is 172 Å². The molecule has 0 saturated heterocycles. The molecule has 0 fully saturated rings. The van der Waals surface area contributed by atoms with E-state index >= 15 is 0 Å². The highest BCUT2D eigenvalue weighted by atomic mass is 14.9. The van der Waals surface area contributed by atoms with Gasteiger partial charge in [0, 0.05) is 27.7 Å². The summed E-state index contributed by atoms with van der Waals surface area (Å²) in [5.74, 6) is 0.748. The maximum atomic E-state index is 5.37. The minimum atomic E-state index is -0.294. The molecule has 7 aromatic carbocycles. The summed E-state index contributed by atoms with van der Waals surface area (Å²) in [5.41, 5.74) is 14.7. The van der Waals surface area contributed by atoms with Crippen molar-refractivity contribution in [3.8, 4) is 67.3 Å². The Labute approximate surface area is 287 Å². The van der Waals surface area contributed by atoms with Crippen molar-refractivity contribution in [2.24, 2.45) is 0 Å². The molecule has 0 amide bonds. The zero-order valence-electron chi connectivity index (χ0n) is 27.6. The van der Waals surface area contributed by atoms with E-state index in [9.17, 15) is 0 Å². The summed E-state index contributed by atoms with van der Waals surface area (Å²) >= 11 is 0. The Bertz CT molecular complexity index is 2490. The first kappa shape index (κ1) is 29.1. The molecule has 1 aromatic heterocycles. The number of hydrogen-bond acceptors (Lipinski definition) is 2. The van der Waals surface area contributed by atoms with Crippen LogP contribution in [0.25, 0.3) is 78.1 Å². The summed E-state index contributed by atoms with van der Waals surface area (Å²) in [4.78, 5) is 10.7. The minimum Gasteiger partial charge on any atom is -0.228 e. The molecule has 2 heteroatoms. The molecule has 0 bridgehead atoms. The van der Waals surface area contributed by atoms with Gasteiger partial charge in [0.05, 0.1) is 11.4 Å². The van der Waals surface area contributed by atoms with Crippen LogP contribution in [0.2, 0.25) is 0 Å². The van der Waals surface area contributed by atoms with E-state index in [1.54, 1.807) is 0 Å². The van der Waals surface area contributed by atoms with Gasteiger partial charge in [-0.25, -0.2) is 9.97 Å². The van der Waals surface area contributed by atoms with E-state index < -0.39 is 0 Å². The third kappa shape index (κ3) is 4.96. The lowest BCUT2D eigenvalue weighted by Gasteiger charge is -2.25. The highest BCUT2D eigenvalue weighted by molar-refractivity contribution is 5.98. The van der Waals surface area contributed by atoms with Gasteiger partial charge in [-0.15, -0.1) is 0 Å². The van der Waals surface area contributed by atoms with Crippen molar-refractivity contribution >= 4 is 10.8 Å². The van der Waals surface area contributed by atoms with Crippen LogP contribution in [0.1, 0.15) is 25.0 Å². The Morgan fingerprint density at radius 2 is 0.857 bits per heavy atom. The topological polar surface area (TPSA) is 25.8 Å². The van der Waals surface area contributed by atoms with Crippen LogP contribution in [0.4, 0.5) is 0 Å². The van der Waals surface area contributed by atoms with Gasteiger partial charge < -0.3 is 0 Å². The second kappa shape index (κ2) is 11.5. The normalized spacial score (nSPS) is 12.9. The van der Waals surface area contributed by atoms with Crippen molar-refractivity contribution in [2.45, 2.75) is 19.3 Å². The lowest BCUT2D eigenvalue weighted by Crippen LogP contribution is -2.18. The van der Waals surface area contributed by atoms with Crippen LogP contribution >= 0.6 is 0 Å².